The Labute approximate surface area is 87.2 Å². The summed E-state index contributed by atoms with van der Waals surface area (Å²) in [5.41, 5.74) is 6.70. The second-order valence-corrected chi connectivity index (χ2v) is 3.62. The first kappa shape index (κ1) is 10.5. The summed E-state index contributed by atoms with van der Waals surface area (Å²) >= 11 is 3.51. The van der Waals surface area contributed by atoms with Gasteiger partial charge in [-0.2, -0.15) is 0 Å². The summed E-state index contributed by atoms with van der Waals surface area (Å²) in [6.07, 6.45) is 2.00. The summed E-state index contributed by atoms with van der Waals surface area (Å²) < 4.78 is 6.23. The minimum absolute atomic E-state index is 0.726. The van der Waals surface area contributed by atoms with E-state index in [0.717, 1.165) is 29.6 Å². The van der Waals surface area contributed by atoms with Gasteiger partial charge < -0.3 is 10.5 Å². The van der Waals surface area contributed by atoms with Crippen molar-refractivity contribution in [2.45, 2.75) is 12.8 Å². The number of hydrogen-bond donors (Lipinski definition) is 1. The fourth-order valence-corrected chi connectivity index (χ4v) is 1.82. The van der Waals surface area contributed by atoms with E-state index in [2.05, 4.69) is 22.0 Å². The number of methoxy groups -OCH3 is 1. The number of hydrogen-bond acceptors (Lipinski definition) is 2. The highest BCUT2D eigenvalue weighted by molar-refractivity contribution is 9.10. The van der Waals surface area contributed by atoms with Gasteiger partial charge in [-0.3, -0.25) is 0 Å². The van der Waals surface area contributed by atoms with Crippen LogP contribution in [-0.2, 0) is 6.42 Å². The topological polar surface area (TPSA) is 35.2 Å². The van der Waals surface area contributed by atoms with E-state index >= 15 is 0 Å². The first-order valence-electron chi connectivity index (χ1n) is 4.31. The second kappa shape index (κ2) is 5.25. The fraction of sp³-hybridized carbons (Fsp3) is 0.400. The van der Waals surface area contributed by atoms with Crippen molar-refractivity contribution < 1.29 is 4.74 Å². The number of aryl methyl sites for hydroxylation is 1. The molecule has 1 aromatic rings. The van der Waals surface area contributed by atoms with E-state index in [4.69, 9.17) is 10.5 Å². The van der Waals surface area contributed by atoms with E-state index in [1.807, 2.05) is 12.1 Å². The molecule has 0 aliphatic rings. The maximum atomic E-state index is 5.45. The quantitative estimate of drug-likeness (QED) is 0.882. The average molecular weight is 244 g/mol. The molecule has 0 saturated heterocycles. The normalized spacial score (nSPS) is 10.1. The summed E-state index contributed by atoms with van der Waals surface area (Å²) in [6.45, 7) is 0.726. The van der Waals surface area contributed by atoms with Crippen molar-refractivity contribution in [3.63, 3.8) is 0 Å². The molecular weight excluding hydrogens is 230 g/mol. The smallest absolute Gasteiger partial charge is 0.133 e. The van der Waals surface area contributed by atoms with E-state index in [-0.39, 0.29) is 0 Å². The fourth-order valence-electron chi connectivity index (χ4n) is 1.20. The lowest BCUT2D eigenvalue weighted by Gasteiger charge is -2.07. The van der Waals surface area contributed by atoms with Crippen molar-refractivity contribution in [1.82, 2.24) is 0 Å². The minimum Gasteiger partial charge on any atom is -0.496 e. The monoisotopic (exact) mass is 243 g/mol. The van der Waals surface area contributed by atoms with Crippen molar-refractivity contribution in [2.75, 3.05) is 13.7 Å². The third-order valence-corrected chi connectivity index (χ3v) is 2.81. The lowest BCUT2D eigenvalue weighted by Crippen LogP contribution is -2.01. The Morgan fingerprint density at radius 2 is 2.23 bits per heavy atom. The van der Waals surface area contributed by atoms with Crippen LogP contribution in [0.2, 0.25) is 0 Å². The summed E-state index contributed by atoms with van der Waals surface area (Å²) in [6, 6.07) is 6.02. The van der Waals surface area contributed by atoms with E-state index in [1.54, 1.807) is 7.11 Å². The zero-order valence-electron chi connectivity index (χ0n) is 7.72. The lowest BCUT2D eigenvalue weighted by molar-refractivity contribution is 0.411. The molecule has 0 saturated carbocycles. The van der Waals surface area contributed by atoms with Crippen molar-refractivity contribution in [3.05, 3.63) is 28.2 Å². The summed E-state index contributed by atoms with van der Waals surface area (Å²) in [4.78, 5) is 0. The molecule has 1 aromatic carbocycles. The van der Waals surface area contributed by atoms with Crippen LogP contribution in [0, 0.1) is 0 Å². The van der Waals surface area contributed by atoms with Crippen LogP contribution in [0.4, 0.5) is 0 Å². The Bertz CT molecular complexity index is 276. The molecule has 3 heteroatoms. The molecule has 0 aliphatic heterocycles. The van der Waals surface area contributed by atoms with Crippen molar-refractivity contribution in [2.24, 2.45) is 5.73 Å². The van der Waals surface area contributed by atoms with Crippen molar-refractivity contribution in [1.29, 1.82) is 0 Å². The number of halogens is 1. The molecule has 0 unspecified atom stereocenters. The van der Waals surface area contributed by atoms with Crippen LogP contribution in [0.5, 0.6) is 5.75 Å². The largest absolute Gasteiger partial charge is 0.496 e. The zero-order valence-corrected chi connectivity index (χ0v) is 9.30. The lowest BCUT2D eigenvalue weighted by atomic mass is 10.1. The molecule has 0 aliphatic carbocycles. The van der Waals surface area contributed by atoms with Gasteiger partial charge in [0.25, 0.3) is 0 Å². The Balaban J connectivity index is 2.81. The predicted octanol–water partition coefficient (Wildman–Crippen LogP) is 2.35. The summed E-state index contributed by atoms with van der Waals surface area (Å²) in [5.74, 6) is 0.884. The molecule has 2 nitrogen and oxygen atoms in total. The maximum absolute atomic E-state index is 5.45. The zero-order chi connectivity index (χ0) is 9.68. The van der Waals surface area contributed by atoms with Crippen LogP contribution in [0.3, 0.4) is 0 Å². The van der Waals surface area contributed by atoms with Gasteiger partial charge >= 0.3 is 0 Å². The molecule has 2 N–H and O–H groups in total. The predicted molar refractivity (Wildman–Crippen MR) is 58.1 cm³/mol. The number of benzene rings is 1. The molecule has 0 fully saturated rings. The Kier molecular flexibility index (Phi) is 4.25. The van der Waals surface area contributed by atoms with Gasteiger partial charge in [0.2, 0.25) is 0 Å². The third kappa shape index (κ3) is 2.71. The molecule has 72 valence electrons. The van der Waals surface area contributed by atoms with Crippen LogP contribution in [0.1, 0.15) is 12.0 Å². The highest BCUT2D eigenvalue weighted by Crippen LogP contribution is 2.28. The molecule has 0 spiro atoms. The number of rotatable bonds is 4. The van der Waals surface area contributed by atoms with Gasteiger partial charge in [-0.05, 0) is 46.9 Å². The average Bonchev–Trinajstić information content (AvgIpc) is 2.16. The van der Waals surface area contributed by atoms with Gasteiger partial charge in [-0.25, -0.2) is 0 Å². The number of nitrogens with two attached hydrogens (primary N) is 1. The molecule has 1 rings (SSSR count). The maximum Gasteiger partial charge on any atom is 0.133 e. The minimum atomic E-state index is 0.726. The molecule has 0 amide bonds. The van der Waals surface area contributed by atoms with E-state index in [9.17, 15) is 0 Å². The van der Waals surface area contributed by atoms with E-state index < -0.39 is 0 Å². The molecule has 0 atom stereocenters. The first-order chi connectivity index (χ1) is 6.29. The molecule has 0 heterocycles. The highest BCUT2D eigenvalue weighted by Gasteiger charge is 2.04. The Hall–Kier alpha value is -0.540. The molecule has 0 radical (unpaired) electrons. The summed E-state index contributed by atoms with van der Waals surface area (Å²) in [5, 5.41) is 0. The Morgan fingerprint density at radius 3 is 2.85 bits per heavy atom. The van der Waals surface area contributed by atoms with Crippen LogP contribution < -0.4 is 10.5 Å². The summed E-state index contributed by atoms with van der Waals surface area (Å²) in [7, 11) is 1.67. The van der Waals surface area contributed by atoms with Gasteiger partial charge in [0.05, 0.1) is 11.6 Å². The van der Waals surface area contributed by atoms with Crippen LogP contribution >= 0.6 is 15.9 Å². The number of ether oxygens (including phenoxy) is 1. The Morgan fingerprint density at radius 1 is 1.46 bits per heavy atom. The third-order valence-electron chi connectivity index (χ3n) is 1.91. The van der Waals surface area contributed by atoms with Crippen molar-refractivity contribution >= 4 is 15.9 Å². The van der Waals surface area contributed by atoms with Crippen LogP contribution in [0.15, 0.2) is 22.7 Å². The van der Waals surface area contributed by atoms with Crippen LogP contribution in [0.25, 0.3) is 0 Å². The molecule has 13 heavy (non-hydrogen) atoms. The van der Waals surface area contributed by atoms with Gasteiger partial charge in [-0.1, -0.05) is 12.1 Å². The second-order valence-electron chi connectivity index (χ2n) is 2.83. The van der Waals surface area contributed by atoms with Crippen LogP contribution in [-0.4, -0.2) is 13.7 Å². The molecule has 0 bridgehead atoms. The molecule has 0 aromatic heterocycles. The van der Waals surface area contributed by atoms with Gasteiger partial charge in [-0.15, -0.1) is 0 Å². The first-order valence-corrected chi connectivity index (χ1v) is 5.10. The highest BCUT2D eigenvalue weighted by atomic mass is 79.9. The van der Waals surface area contributed by atoms with E-state index in [1.165, 1.54) is 5.56 Å². The molecular formula is C10H14BrNO. The van der Waals surface area contributed by atoms with Crippen molar-refractivity contribution in [3.8, 4) is 5.75 Å². The SMILES string of the molecule is COc1cccc(CCCN)c1Br. The van der Waals surface area contributed by atoms with Gasteiger partial charge in [0.1, 0.15) is 5.75 Å². The van der Waals surface area contributed by atoms with E-state index in [0.29, 0.717) is 0 Å². The van der Waals surface area contributed by atoms with Gasteiger partial charge in [0.15, 0.2) is 0 Å². The standard InChI is InChI=1S/C10H14BrNO/c1-13-9-6-2-4-8(10(9)11)5-3-7-12/h2,4,6H,3,5,7,12H2,1H3. The van der Waals surface area contributed by atoms with Gasteiger partial charge in [0, 0.05) is 0 Å².